The molecule has 1 aliphatic rings. The Morgan fingerprint density at radius 1 is 1.33 bits per heavy atom. The number of quaternary nitrogens is 1. The second-order valence-corrected chi connectivity index (χ2v) is 6.47. The molecule has 0 unspecified atom stereocenters. The van der Waals surface area contributed by atoms with Gasteiger partial charge in [-0.15, -0.1) is 0 Å². The number of fused-ring (bicyclic) bond motifs is 1. The van der Waals surface area contributed by atoms with Gasteiger partial charge in [0.1, 0.15) is 0 Å². The molecule has 1 aromatic carbocycles. The zero-order valence-electron chi connectivity index (χ0n) is 11.4. The molecule has 0 bridgehead atoms. The van der Waals surface area contributed by atoms with E-state index in [2.05, 4.69) is 19.3 Å². The summed E-state index contributed by atoms with van der Waals surface area (Å²) in [5.41, 5.74) is 4.60. The first kappa shape index (κ1) is 13.1. The molecule has 2 N–H and O–H groups in total. The van der Waals surface area contributed by atoms with Crippen LogP contribution in [0, 0.1) is 5.41 Å². The van der Waals surface area contributed by atoms with Crippen LogP contribution in [0.4, 0.5) is 5.69 Å². The van der Waals surface area contributed by atoms with E-state index in [0.29, 0.717) is 10.2 Å². The van der Waals surface area contributed by atoms with E-state index in [1.54, 1.807) is 12.1 Å². The van der Waals surface area contributed by atoms with Gasteiger partial charge in [-0.2, -0.15) is 0 Å². The Bertz CT molecular complexity index is 493. The number of anilines is 1. The maximum Gasteiger partial charge on any atom is 0.345 e. The molecule has 1 aliphatic heterocycles. The van der Waals surface area contributed by atoms with E-state index in [9.17, 15) is 4.79 Å². The first-order chi connectivity index (χ1) is 8.25. The quantitative estimate of drug-likeness (QED) is 0.593. The summed E-state index contributed by atoms with van der Waals surface area (Å²) < 4.78 is 0.367. The fourth-order valence-corrected chi connectivity index (χ4v) is 3.06. The molecule has 0 spiro atoms. The van der Waals surface area contributed by atoms with Crippen LogP contribution in [-0.4, -0.2) is 36.2 Å². The summed E-state index contributed by atoms with van der Waals surface area (Å²) in [5, 5.41) is 8.97. The molecule has 18 heavy (non-hydrogen) atoms. The number of carbonyl (C=O) groups excluding carboxylic acids is 1. The molecule has 0 atom stereocenters. The molecular formula is C14H21N2O2+. The van der Waals surface area contributed by atoms with Gasteiger partial charge in [0.25, 0.3) is 0 Å². The number of benzene rings is 1. The van der Waals surface area contributed by atoms with Gasteiger partial charge < -0.3 is 0 Å². The van der Waals surface area contributed by atoms with Gasteiger partial charge in [-0.05, 0) is 30.2 Å². The van der Waals surface area contributed by atoms with E-state index in [1.165, 1.54) is 0 Å². The third kappa shape index (κ3) is 2.26. The smallest absolute Gasteiger partial charge is 0.291 e. The summed E-state index contributed by atoms with van der Waals surface area (Å²) in [7, 11) is 3.91. The highest BCUT2D eigenvalue weighted by atomic mass is 16.5. The Hall–Kier alpha value is -1.39. The molecule has 4 nitrogen and oxygen atoms in total. The minimum absolute atomic E-state index is 0.0541. The van der Waals surface area contributed by atoms with Crippen molar-refractivity contribution >= 4 is 11.6 Å². The van der Waals surface area contributed by atoms with Crippen LogP contribution in [0.3, 0.4) is 0 Å². The van der Waals surface area contributed by atoms with Crippen LogP contribution in [0.1, 0.15) is 29.8 Å². The summed E-state index contributed by atoms with van der Waals surface area (Å²) in [6.45, 7) is 5.16. The molecule has 0 radical (unpaired) electrons. The number of nitrogens with zero attached hydrogens (tertiary/aromatic N) is 1. The maximum absolute atomic E-state index is 12.5. The second-order valence-electron chi connectivity index (χ2n) is 6.47. The van der Waals surface area contributed by atoms with Crippen molar-refractivity contribution in [1.29, 1.82) is 0 Å². The summed E-state index contributed by atoms with van der Waals surface area (Å²) in [5.74, 6) is 0.139. The molecule has 1 heterocycles. The third-order valence-electron chi connectivity index (χ3n) is 3.51. The van der Waals surface area contributed by atoms with Crippen molar-refractivity contribution in [3.05, 3.63) is 29.3 Å². The van der Waals surface area contributed by atoms with Crippen molar-refractivity contribution in [2.24, 2.45) is 5.41 Å². The van der Waals surface area contributed by atoms with Gasteiger partial charge in [0.05, 0.1) is 31.9 Å². The Morgan fingerprint density at radius 2 is 2.00 bits per heavy atom. The lowest BCUT2D eigenvalue weighted by Crippen LogP contribution is -2.49. The van der Waals surface area contributed by atoms with Gasteiger partial charge in [0.2, 0.25) is 0 Å². The van der Waals surface area contributed by atoms with Crippen molar-refractivity contribution in [3.8, 4) is 0 Å². The van der Waals surface area contributed by atoms with Gasteiger partial charge in [-0.1, -0.05) is 13.8 Å². The monoisotopic (exact) mass is 249 g/mol. The summed E-state index contributed by atoms with van der Waals surface area (Å²) >= 11 is 0. The van der Waals surface area contributed by atoms with Gasteiger partial charge in [0, 0.05) is 5.41 Å². The zero-order chi connectivity index (χ0) is 13.6. The Morgan fingerprint density at radius 3 is 2.61 bits per heavy atom. The molecule has 98 valence electrons. The molecule has 0 saturated heterocycles. The van der Waals surface area contributed by atoms with Crippen LogP contribution < -0.4 is 5.48 Å². The van der Waals surface area contributed by atoms with Crippen molar-refractivity contribution < 1.29 is 14.5 Å². The van der Waals surface area contributed by atoms with Gasteiger partial charge >= 0.3 is 5.91 Å². The Labute approximate surface area is 108 Å². The number of carbonyl (C=O) groups is 1. The molecule has 0 aliphatic carbocycles. The average Bonchev–Trinajstić information content (AvgIpc) is 2.31. The van der Waals surface area contributed by atoms with E-state index in [0.717, 1.165) is 24.1 Å². The number of hydrogen-bond acceptors (Lipinski definition) is 3. The highest BCUT2D eigenvalue weighted by molar-refractivity contribution is 5.91. The van der Waals surface area contributed by atoms with Crippen LogP contribution in [-0.2, 0) is 6.42 Å². The standard InChI is InChI=1S/C14H20N2O2/c1-14(2)8-10-7-11(15-18)5-6-12(10)13(17)16(3,4)9-14/h5-7H,8-9H2,1-4H3,(H-,15,17,18)/p+1. The average molecular weight is 249 g/mol. The SMILES string of the molecule is CC1(C)Cc2cc(NO)ccc2C(=O)[N+](C)(C)C1. The lowest BCUT2D eigenvalue weighted by atomic mass is 9.85. The lowest BCUT2D eigenvalue weighted by Gasteiger charge is -2.32. The predicted octanol–water partition coefficient (Wildman–Crippen LogP) is 2.29. The molecule has 1 aromatic rings. The van der Waals surface area contributed by atoms with Crippen LogP contribution in [0.2, 0.25) is 0 Å². The number of nitrogens with one attached hydrogen (secondary N) is 1. The van der Waals surface area contributed by atoms with Crippen molar-refractivity contribution in [2.75, 3.05) is 26.1 Å². The predicted molar refractivity (Wildman–Crippen MR) is 70.6 cm³/mol. The fourth-order valence-electron chi connectivity index (χ4n) is 3.06. The van der Waals surface area contributed by atoms with Gasteiger partial charge in [0.15, 0.2) is 0 Å². The Balaban J connectivity index is 2.57. The topological polar surface area (TPSA) is 49.3 Å². The number of rotatable bonds is 1. The van der Waals surface area contributed by atoms with Crippen LogP contribution in [0.25, 0.3) is 0 Å². The van der Waals surface area contributed by atoms with E-state index in [-0.39, 0.29) is 11.3 Å². The molecule has 0 aromatic heterocycles. The second kappa shape index (κ2) is 4.07. The highest BCUT2D eigenvalue weighted by Crippen LogP contribution is 2.33. The summed E-state index contributed by atoms with van der Waals surface area (Å²) in [6.07, 6.45) is 0.839. The normalized spacial score (nSPS) is 21.1. The summed E-state index contributed by atoms with van der Waals surface area (Å²) in [4.78, 5) is 12.5. The van der Waals surface area contributed by atoms with Crippen molar-refractivity contribution in [2.45, 2.75) is 20.3 Å². The van der Waals surface area contributed by atoms with E-state index in [4.69, 9.17) is 5.21 Å². The van der Waals surface area contributed by atoms with Crippen molar-refractivity contribution in [1.82, 2.24) is 0 Å². The van der Waals surface area contributed by atoms with Crippen LogP contribution in [0.15, 0.2) is 18.2 Å². The Kier molecular flexibility index (Phi) is 2.95. The van der Waals surface area contributed by atoms with E-state index < -0.39 is 0 Å². The largest absolute Gasteiger partial charge is 0.345 e. The molecule has 0 saturated carbocycles. The molecule has 2 rings (SSSR count). The van der Waals surface area contributed by atoms with E-state index in [1.807, 2.05) is 20.2 Å². The van der Waals surface area contributed by atoms with Gasteiger partial charge in [-0.25, -0.2) is 4.79 Å². The molecular weight excluding hydrogens is 228 g/mol. The zero-order valence-corrected chi connectivity index (χ0v) is 11.4. The minimum Gasteiger partial charge on any atom is -0.291 e. The third-order valence-corrected chi connectivity index (χ3v) is 3.51. The lowest BCUT2D eigenvalue weighted by molar-refractivity contribution is -0.814. The van der Waals surface area contributed by atoms with Gasteiger partial charge in [-0.3, -0.25) is 15.2 Å². The first-order valence-corrected chi connectivity index (χ1v) is 6.16. The number of hydrogen-bond donors (Lipinski definition) is 2. The minimum atomic E-state index is 0.0541. The van der Waals surface area contributed by atoms with Crippen LogP contribution >= 0.6 is 0 Å². The van der Waals surface area contributed by atoms with E-state index >= 15 is 0 Å². The van der Waals surface area contributed by atoms with Crippen molar-refractivity contribution in [3.63, 3.8) is 0 Å². The maximum atomic E-state index is 12.5. The highest BCUT2D eigenvalue weighted by Gasteiger charge is 2.40. The molecule has 0 fully saturated rings. The fraction of sp³-hybridized carbons (Fsp3) is 0.500. The first-order valence-electron chi connectivity index (χ1n) is 6.16. The summed E-state index contributed by atoms with van der Waals surface area (Å²) in [6, 6.07) is 5.40. The molecule has 1 amide bonds. The molecule has 4 heteroatoms. The van der Waals surface area contributed by atoms with Crippen LogP contribution in [0.5, 0.6) is 0 Å². The number of amides is 1.